The molecule has 0 aliphatic heterocycles. The number of esters is 2. The molecule has 69 heavy (non-hydrogen) atoms. The van der Waals surface area contributed by atoms with Crippen molar-refractivity contribution in [3.05, 3.63) is 85.1 Å². The molecule has 5 unspecified atom stereocenters. The predicted octanol–water partition coefficient (Wildman–Crippen LogP) is 7.34. The largest absolute Gasteiger partial charge is 0.472 e. The number of carbonyl (C=O) groups excluding carboxylic acids is 2. The van der Waals surface area contributed by atoms with Crippen LogP contribution in [0.4, 0.5) is 0 Å². The topological polar surface area (TPSA) is 296 Å². The molecule has 0 amide bonds. The molecule has 20 heteroatoms. The van der Waals surface area contributed by atoms with Gasteiger partial charge >= 0.3 is 27.6 Å². The van der Waals surface area contributed by atoms with Crippen LogP contribution in [-0.2, 0) is 41.8 Å². The lowest BCUT2D eigenvalue weighted by atomic mass is 9.85. The van der Waals surface area contributed by atoms with E-state index >= 15 is 0 Å². The van der Waals surface area contributed by atoms with Crippen molar-refractivity contribution in [3.63, 3.8) is 0 Å². The molecule has 1 saturated carbocycles. The van der Waals surface area contributed by atoms with Crippen molar-refractivity contribution >= 4 is 27.6 Å². The molecule has 0 radical (unpaired) electrons. The summed E-state index contributed by atoms with van der Waals surface area (Å²) in [6.07, 6.45) is 26.0. The van der Waals surface area contributed by atoms with Crippen molar-refractivity contribution in [2.75, 3.05) is 13.2 Å². The van der Waals surface area contributed by atoms with Gasteiger partial charge in [-0.25, -0.2) is 9.13 Å². The molecule has 1 rings (SSSR count). The maximum absolute atomic E-state index is 13.0. The van der Waals surface area contributed by atoms with Gasteiger partial charge in [-0.15, -0.1) is 0 Å². The zero-order valence-corrected chi connectivity index (χ0v) is 42.2. The average Bonchev–Trinajstić information content (AvgIpc) is 3.29. The number of carbonyl (C=O) groups is 2. The summed E-state index contributed by atoms with van der Waals surface area (Å²) < 4.78 is 49.2. The number of aliphatic hydroxyl groups is 6. The van der Waals surface area contributed by atoms with Crippen LogP contribution >= 0.6 is 15.6 Å². The number of allylic oxidation sites excluding steroid dienone is 12. The highest BCUT2D eigenvalue weighted by Gasteiger charge is 2.54. The van der Waals surface area contributed by atoms with Crippen LogP contribution in [0.25, 0.3) is 0 Å². The summed E-state index contributed by atoms with van der Waals surface area (Å²) in [6.45, 7) is 2.76. The molecule has 0 aromatic heterocycles. The first-order chi connectivity index (χ1) is 32.9. The van der Waals surface area contributed by atoms with E-state index in [4.69, 9.17) is 18.5 Å². The van der Waals surface area contributed by atoms with Gasteiger partial charge in [0, 0.05) is 12.8 Å². The Bertz CT molecular complexity index is 1690. The summed E-state index contributed by atoms with van der Waals surface area (Å²) in [5.74, 6) is -1.50. The van der Waals surface area contributed by atoms with Crippen LogP contribution in [0.15, 0.2) is 85.1 Å². The molecule has 0 aromatic rings. The van der Waals surface area contributed by atoms with Crippen LogP contribution in [0.5, 0.6) is 0 Å². The molecular weight excluding hydrogens is 938 g/mol. The Hall–Kier alpha value is -2.90. The molecule has 0 bridgehead atoms. The van der Waals surface area contributed by atoms with E-state index in [1.54, 1.807) is 24.3 Å². The molecule has 0 aromatic carbocycles. The van der Waals surface area contributed by atoms with Crippen LogP contribution in [0.1, 0.15) is 142 Å². The van der Waals surface area contributed by atoms with Crippen molar-refractivity contribution in [3.8, 4) is 0 Å². The summed E-state index contributed by atoms with van der Waals surface area (Å²) in [4.78, 5) is 54.3. The Morgan fingerprint density at radius 3 is 1.62 bits per heavy atom. The molecule has 9 N–H and O–H groups in total. The van der Waals surface area contributed by atoms with Gasteiger partial charge in [-0.05, 0) is 64.2 Å². The Kier molecular flexibility index (Phi) is 36.0. The molecule has 1 aliphatic rings. The van der Waals surface area contributed by atoms with Gasteiger partial charge in [0.05, 0.1) is 18.8 Å². The van der Waals surface area contributed by atoms with E-state index in [1.807, 2.05) is 36.5 Å². The lowest BCUT2D eigenvalue weighted by Gasteiger charge is -2.43. The molecule has 10 atom stereocenters. The van der Waals surface area contributed by atoms with E-state index in [2.05, 4.69) is 42.7 Å². The van der Waals surface area contributed by atoms with E-state index in [0.29, 0.717) is 25.7 Å². The molecular formula is C49H82O18P2. The number of phosphoric acid groups is 2. The maximum Gasteiger partial charge on any atom is 0.472 e. The Morgan fingerprint density at radius 1 is 0.536 bits per heavy atom. The first-order valence-corrected chi connectivity index (χ1v) is 27.4. The molecule has 0 saturated heterocycles. The van der Waals surface area contributed by atoms with Gasteiger partial charge in [-0.2, -0.15) is 0 Å². The van der Waals surface area contributed by atoms with Gasteiger partial charge in [-0.3, -0.25) is 23.2 Å². The highest BCUT2D eigenvalue weighted by molar-refractivity contribution is 7.47. The monoisotopic (exact) mass is 1020 g/mol. The van der Waals surface area contributed by atoms with Gasteiger partial charge in [0.25, 0.3) is 0 Å². The zero-order chi connectivity index (χ0) is 51.3. The zero-order valence-electron chi connectivity index (χ0n) is 40.4. The minimum Gasteiger partial charge on any atom is -0.462 e. The third-order valence-corrected chi connectivity index (χ3v) is 12.2. The van der Waals surface area contributed by atoms with Crippen LogP contribution in [0.3, 0.4) is 0 Å². The van der Waals surface area contributed by atoms with E-state index in [-0.39, 0.29) is 25.7 Å². The van der Waals surface area contributed by atoms with Gasteiger partial charge in [0.15, 0.2) is 6.10 Å². The second kappa shape index (κ2) is 38.7. The van der Waals surface area contributed by atoms with Crippen molar-refractivity contribution in [1.29, 1.82) is 0 Å². The minimum atomic E-state index is -5.40. The highest BCUT2D eigenvalue weighted by atomic mass is 31.2. The van der Waals surface area contributed by atoms with Crippen LogP contribution < -0.4 is 0 Å². The van der Waals surface area contributed by atoms with Gasteiger partial charge < -0.3 is 54.8 Å². The number of ether oxygens (including phenoxy) is 2. The summed E-state index contributed by atoms with van der Waals surface area (Å²) >= 11 is 0. The molecule has 0 heterocycles. The van der Waals surface area contributed by atoms with Crippen molar-refractivity contribution in [2.24, 2.45) is 0 Å². The van der Waals surface area contributed by atoms with Crippen molar-refractivity contribution < 1.29 is 87.1 Å². The number of hydrogen-bond donors (Lipinski definition) is 9. The SMILES string of the molecule is CCCCCCCC/C=C\C/C=C\C/C=C\CCCC(=O)O[C@H](COC(=O)CCC[C@@H](O)/C=C/C=C\C/C=C\C=C\[C@@H](O)CCCCC)COP(=O)(O)O[C@H]1C(O)C(O)C(O)[C@@H](OP(=O)(O)O)C1O. The normalized spacial score (nSPS) is 22.8. The fourth-order valence-electron chi connectivity index (χ4n) is 6.78. The number of unbranched alkanes of at least 4 members (excludes halogenated alkanes) is 9. The third kappa shape index (κ3) is 33.4. The highest BCUT2D eigenvalue weighted by Crippen LogP contribution is 2.49. The first-order valence-electron chi connectivity index (χ1n) is 24.3. The number of aliphatic hydroxyl groups excluding tert-OH is 6. The lowest BCUT2D eigenvalue weighted by Crippen LogP contribution is -2.64. The number of rotatable bonds is 39. The third-order valence-electron chi connectivity index (χ3n) is 10.6. The average molecular weight is 1020 g/mol. The standard InChI is InChI=1S/C49H82O18P2/c1-3-5-7-8-9-10-11-12-13-14-15-16-17-18-22-25-29-35-43(53)65-41(38-64-69(61,62)67-49-46(56)44(54)45(55)48(47(49)57)66-68(58,59)60)37-63-42(52)36-30-34-40(51)33-28-24-21-19-20-23-27-32-39(50)31-26-6-4-2/h12-13,15-16,18,20-24,27-28,32-33,39-41,44-51,54-57H,3-11,14,17,19,25-26,29-31,34-38H2,1-2H3,(H,61,62)(H2,58,59,60)/b13-12-,16-15-,22-18-,23-20-,24-21-,32-27+,33-28+/t39-,40-,41+,44?,45?,46?,47?,48+,49-/m0/s1. The fourth-order valence-corrected chi connectivity index (χ4v) is 8.32. The fraction of sp³-hybridized carbons (Fsp3) is 0.673. The molecule has 0 spiro atoms. The van der Waals surface area contributed by atoms with E-state index < -0.39 is 95.7 Å². The Morgan fingerprint density at radius 2 is 1.03 bits per heavy atom. The quantitative estimate of drug-likeness (QED) is 0.00957. The van der Waals surface area contributed by atoms with Gasteiger partial charge in [0.2, 0.25) is 0 Å². The van der Waals surface area contributed by atoms with Gasteiger partial charge in [0.1, 0.15) is 43.2 Å². The van der Waals surface area contributed by atoms with E-state index in [0.717, 1.165) is 38.5 Å². The first kappa shape index (κ1) is 64.1. The summed E-state index contributed by atoms with van der Waals surface area (Å²) in [5.41, 5.74) is 0. The second-order valence-corrected chi connectivity index (χ2v) is 19.5. The summed E-state index contributed by atoms with van der Waals surface area (Å²) in [5, 5.41) is 61.5. The van der Waals surface area contributed by atoms with E-state index in [1.165, 1.54) is 38.5 Å². The summed E-state index contributed by atoms with van der Waals surface area (Å²) in [7, 11) is -10.8. The predicted molar refractivity (Wildman–Crippen MR) is 262 cm³/mol. The minimum absolute atomic E-state index is 0.0815. The van der Waals surface area contributed by atoms with Gasteiger partial charge in [-0.1, -0.05) is 150 Å². The smallest absolute Gasteiger partial charge is 0.462 e. The number of hydrogen-bond acceptors (Lipinski definition) is 15. The Labute approximate surface area is 409 Å². The lowest BCUT2D eigenvalue weighted by molar-refractivity contribution is -0.216. The Balaban J connectivity index is 2.73. The van der Waals surface area contributed by atoms with E-state index in [9.17, 15) is 64.0 Å². The molecule has 1 aliphatic carbocycles. The van der Waals surface area contributed by atoms with Crippen LogP contribution in [0.2, 0.25) is 0 Å². The number of phosphoric ester groups is 2. The van der Waals surface area contributed by atoms with Crippen LogP contribution in [-0.4, -0.2) is 125 Å². The molecule has 1 fully saturated rings. The van der Waals surface area contributed by atoms with Crippen molar-refractivity contribution in [1.82, 2.24) is 0 Å². The maximum atomic E-state index is 13.0. The molecule has 18 nitrogen and oxygen atoms in total. The second-order valence-electron chi connectivity index (χ2n) is 16.9. The van der Waals surface area contributed by atoms with Crippen LogP contribution in [0, 0.1) is 0 Å². The molecule has 396 valence electrons. The summed E-state index contributed by atoms with van der Waals surface area (Å²) in [6, 6.07) is 0. The van der Waals surface area contributed by atoms with Crippen molar-refractivity contribution in [2.45, 2.75) is 197 Å².